The van der Waals surface area contributed by atoms with E-state index in [1.54, 1.807) is 0 Å². The van der Waals surface area contributed by atoms with Gasteiger partial charge in [0.2, 0.25) is 5.91 Å². The van der Waals surface area contributed by atoms with Crippen molar-refractivity contribution in [1.29, 1.82) is 0 Å². The summed E-state index contributed by atoms with van der Waals surface area (Å²) < 4.78 is 5.43. The Balaban J connectivity index is 2.46. The molecule has 0 aliphatic carbocycles. The van der Waals surface area contributed by atoms with E-state index in [-0.39, 0.29) is 18.1 Å². The van der Waals surface area contributed by atoms with Crippen LogP contribution in [0.15, 0.2) is 0 Å². The second kappa shape index (κ2) is 6.93. The average Bonchev–Trinajstić information content (AvgIpc) is 2.28. The topological polar surface area (TPSA) is 58.8 Å². The molecule has 0 aromatic heterocycles. The van der Waals surface area contributed by atoms with Crippen molar-refractivity contribution in [3.63, 3.8) is 0 Å². The van der Waals surface area contributed by atoms with Gasteiger partial charge in [-0.15, -0.1) is 0 Å². The number of hydrogen-bond acceptors (Lipinski definition) is 4. The highest BCUT2D eigenvalue weighted by Crippen LogP contribution is 2.11. The van der Waals surface area contributed by atoms with E-state index in [2.05, 4.69) is 18.9 Å². The van der Waals surface area contributed by atoms with Gasteiger partial charge in [0, 0.05) is 38.8 Å². The summed E-state index contributed by atoms with van der Waals surface area (Å²) in [7, 11) is 2.08. The lowest BCUT2D eigenvalue weighted by Crippen LogP contribution is -2.53. The summed E-state index contributed by atoms with van der Waals surface area (Å²) in [4.78, 5) is 16.3. The number of rotatable bonds is 5. The van der Waals surface area contributed by atoms with Crippen molar-refractivity contribution >= 4 is 5.91 Å². The summed E-state index contributed by atoms with van der Waals surface area (Å²) in [5.74, 6) is 0.162. The Kier molecular flexibility index (Phi) is 5.88. The van der Waals surface area contributed by atoms with Gasteiger partial charge in [0.15, 0.2) is 0 Å². The van der Waals surface area contributed by atoms with Crippen LogP contribution in [0.25, 0.3) is 0 Å². The zero-order valence-corrected chi connectivity index (χ0v) is 11.2. The van der Waals surface area contributed by atoms with Crippen LogP contribution in [0.1, 0.15) is 20.3 Å². The van der Waals surface area contributed by atoms with Gasteiger partial charge in [-0.3, -0.25) is 4.79 Å². The third-order valence-electron chi connectivity index (χ3n) is 3.22. The van der Waals surface area contributed by atoms with Crippen molar-refractivity contribution in [2.45, 2.75) is 32.4 Å². The van der Waals surface area contributed by atoms with Crippen LogP contribution in [-0.2, 0) is 9.53 Å². The first kappa shape index (κ1) is 14.4. The Morgan fingerprint density at radius 3 is 2.76 bits per heavy atom. The van der Waals surface area contributed by atoms with Gasteiger partial charge in [-0.25, -0.2) is 0 Å². The number of ether oxygens (including phenoxy) is 1. The third-order valence-corrected chi connectivity index (χ3v) is 3.22. The molecule has 0 bridgehead atoms. The van der Waals surface area contributed by atoms with Crippen LogP contribution in [0.2, 0.25) is 0 Å². The molecule has 100 valence electrons. The van der Waals surface area contributed by atoms with Gasteiger partial charge in [-0.05, 0) is 20.9 Å². The minimum Gasteiger partial charge on any atom is -0.377 e. The van der Waals surface area contributed by atoms with Crippen molar-refractivity contribution in [1.82, 2.24) is 9.80 Å². The van der Waals surface area contributed by atoms with Crippen LogP contribution >= 0.6 is 0 Å². The van der Waals surface area contributed by atoms with Crippen molar-refractivity contribution in [2.75, 3.05) is 39.8 Å². The van der Waals surface area contributed by atoms with E-state index in [9.17, 15) is 4.79 Å². The van der Waals surface area contributed by atoms with Crippen LogP contribution < -0.4 is 5.73 Å². The largest absolute Gasteiger partial charge is 0.377 e. The molecule has 5 nitrogen and oxygen atoms in total. The molecule has 1 fully saturated rings. The van der Waals surface area contributed by atoms with Crippen LogP contribution in [0.5, 0.6) is 0 Å². The van der Waals surface area contributed by atoms with Crippen molar-refractivity contribution < 1.29 is 9.53 Å². The fraction of sp³-hybridized carbons (Fsp3) is 0.917. The lowest BCUT2D eigenvalue weighted by Gasteiger charge is -2.38. The number of amides is 1. The first-order valence-corrected chi connectivity index (χ1v) is 6.38. The van der Waals surface area contributed by atoms with E-state index < -0.39 is 0 Å². The molecule has 1 rings (SSSR count). The summed E-state index contributed by atoms with van der Waals surface area (Å²) in [5, 5.41) is 0. The third kappa shape index (κ3) is 4.26. The number of hydrogen-bond donors (Lipinski definition) is 1. The summed E-state index contributed by atoms with van der Waals surface area (Å²) in [5.41, 5.74) is 5.59. The Labute approximate surface area is 104 Å². The lowest BCUT2D eigenvalue weighted by molar-refractivity contribution is -0.138. The van der Waals surface area contributed by atoms with Crippen molar-refractivity contribution in [3.8, 4) is 0 Å². The molecule has 2 unspecified atom stereocenters. The fourth-order valence-electron chi connectivity index (χ4n) is 2.27. The summed E-state index contributed by atoms with van der Waals surface area (Å²) in [6.45, 7) is 7.71. The first-order chi connectivity index (χ1) is 8.08. The number of carbonyl (C=O) groups excluding carboxylic acids is 1. The van der Waals surface area contributed by atoms with Crippen LogP contribution in [0.4, 0.5) is 0 Å². The molecule has 0 radical (unpaired) electrons. The van der Waals surface area contributed by atoms with E-state index in [0.29, 0.717) is 19.6 Å². The molecule has 0 aromatic carbocycles. The van der Waals surface area contributed by atoms with Gasteiger partial charge in [0.1, 0.15) is 0 Å². The highest BCUT2D eigenvalue weighted by molar-refractivity contribution is 5.77. The molecule has 5 heteroatoms. The quantitative estimate of drug-likeness (QED) is 0.733. The Morgan fingerprint density at radius 2 is 2.24 bits per heavy atom. The standard InChI is InChI=1S/C12H25N3O2/c1-4-17-11(8-13)7-12(16)15-6-5-14(3)9-10(15)2/h10-11H,4-9,13H2,1-3H3. The zero-order chi connectivity index (χ0) is 12.8. The van der Waals surface area contributed by atoms with E-state index in [1.165, 1.54) is 0 Å². The minimum atomic E-state index is -0.139. The van der Waals surface area contributed by atoms with E-state index >= 15 is 0 Å². The molecule has 17 heavy (non-hydrogen) atoms. The van der Waals surface area contributed by atoms with Gasteiger partial charge in [-0.1, -0.05) is 0 Å². The molecule has 1 saturated heterocycles. The molecule has 0 aromatic rings. The molecule has 0 saturated carbocycles. The highest BCUT2D eigenvalue weighted by atomic mass is 16.5. The molecule has 1 aliphatic heterocycles. The van der Waals surface area contributed by atoms with Gasteiger partial charge in [0.25, 0.3) is 0 Å². The monoisotopic (exact) mass is 243 g/mol. The maximum absolute atomic E-state index is 12.1. The molecule has 1 heterocycles. The molecule has 1 aliphatic rings. The molecular formula is C12H25N3O2. The lowest BCUT2D eigenvalue weighted by atomic mass is 10.1. The zero-order valence-electron chi connectivity index (χ0n) is 11.2. The smallest absolute Gasteiger partial charge is 0.225 e. The maximum atomic E-state index is 12.1. The predicted octanol–water partition coefficient (Wildman–Crippen LogP) is -0.0972. The SMILES string of the molecule is CCOC(CN)CC(=O)N1CCN(C)CC1C. The number of nitrogens with two attached hydrogens (primary N) is 1. The number of likely N-dealkylation sites (N-methyl/N-ethyl adjacent to an activating group) is 1. The second-order valence-electron chi connectivity index (χ2n) is 4.72. The maximum Gasteiger partial charge on any atom is 0.225 e. The van der Waals surface area contributed by atoms with Crippen molar-refractivity contribution in [2.24, 2.45) is 5.73 Å². The minimum absolute atomic E-state index is 0.139. The van der Waals surface area contributed by atoms with Crippen LogP contribution in [-0.4, -0.2) is 67.7 Å². The van der Waals surface area contributed by atoms with E-state index in [0.717, 1.165) is 19.6 Å². The molecule has 1 amide bonds. The van der Waals surface area contributed by atoms with E-state index in [4.69, 9.17) is 10.5 Å². The van der Waals surface area contributed by atoms with Gasteiger partial charge in [0.05, 0.1) is 12.5 Å². The molecular weight excluding hydrogens is 218 g/mol. The van der Waals surface area contributed by atoms with Crippen LogP contribution in [0, 0.1) is 0 Å². The van der Waals surface area contributed by atoms with Gasteiger partial charge < -0.3 is 20.3 Å². The summed E-state index contributed by atoms with van der Waals surface area (Å²) in [6.07, 6.45) is 0.262. The molecule has 2 atom stereocenters. The molecule has 0 spiro atoms. The predicted molar refractivity (Wildman–Crippen MR) is 67.8 cm³/mol. The normalized spacial score (nSPS) is 23.8. The van der Waals surface area contributed by atoms with Gasteiger partial charge in [-0.2, -0.15) is 0 Å². The Morgan fingerprint density at radius 1 is 1.53 bits per heavy atom. The highest BCUT2D eigenvalue weighted by Gasteiger charge is 2.27. The number of nitrogens with zero attached hydrogens (tertiary/aromatic N) is 2. The molecule has 2 N–H and O–H groups in total. The second-order valence-corrected chi connectivity index (χ2v) is 4.72. The van der Waals surface area contributed by atoms with Gasteiger partial charge >= 0.3 is 0 Å². The summed E-state index contributed by atoms with van der Waals surface area (Å²) in [6, 6.07) is 0.279. The number of carbonyl (C=O) groups is 1. The van der Waals surface area contributed by atoms with E-state index in [1.807, 2.05) is 11.8 Å². The fourth-order valence-corrected chi connectivity index (χ4v) is 2.27. The van der Waals surface area contributed by atoms with Crippen LogP contribution in [0.3, 0.4) is 0 Å². The average molecular weight is 243 g/mol. The first-order valence-electron chi connectivity index (χ1n) is 6.38. The Hall–Kier alpha value is -0.650. The number of piperazine rings is 1. The summed E-state index contributed by atoms with van der Waals surface area (Å²) >= 11 is 0. The van der Waals surface area contributed by atoms with Crippen molar-refractivity contribution in [3.05, 3.63) is 0 Å². The Bertz CT molecular complexity index is 248.